The van der Waals surface area contributed by atoms with Crippen LogP contribution in [-0.4, -0.2) is 5.78 Å². The fourth-order valence-corrected chi connectivity index (χ4v) is 2.06. The van der Waals surface area contributed by atoms with Crippen LogP contribution in [0.4, 0.5) is 8.78 Å². The van der Waals surface area contributed by atoms with Crippen LogP contribution in [0.3, 0.4) is 0 Å². The molecule has 0 aliphatic heterocycles. The van der Waals surface area contributed by atoms with Gasteiger partial charge in [-0.3, -0.25) is 4.79 Å². The molecule has 0 aliphatic carbocycles. The summed E-state index contributed by atoms with van der Waals surface area (Å²) >= 11 is 3.21. The molecule has 0 heterocycles. The highest BCUT2D eigenvalue weighted by molar-refractivity contribution is 9.10. The molecule has 0 N–H and O–H groups in total. The van der Waals surface area contributed by atoms with Gasteiger partial charge in [0.15, 0.2) is 5.78 Å². The Labute approximate surface area is 112 Å². The summed E-state index contributed by atoms with van der Waals surface area (Å²) in [7, 11) is 0. The summed E-state index contributed by atoms with van der Waals surface area (Å²) in [6.45, 7) is 0. The van der Waals surface area contributed by atoms with Gasteiger partial charge in [-0.25, -0.2) is 8.78 Å². The number of ketones is 1. The van der Waals surface area contributed by atoms with Gasteiger partial charge < -0.3 is 0 Å². The fourth-order valence-electron chi connectivity index (χ4n) is 1.59. The minimum atomic E-state index is -0.458. The van der Waals surface area contributed by atoms with Gasteiger partial charge in [-0.05, 0) is 35.9 Å². The maximum Gasteiger partial charge on any atom is 0.168 e. The van der Waals surface area contributed by atoms with E-state index in [4.69, 9.17) is 0 Å². The van der Waals surface area contributed by atoms with Crippen LogP contribution < -0.4 is 0 Å². The Morgan fingerprint density at radius 1 is 1.00 bits per heavy atom. The van der Waals surface area contributed by atoms with Gasteiger partial charge in [0.05, 0.1) is 0 Å². The Kier molecular flexibility index (Phi) is 3.87. The molecule has 0 fully saturated rings. The van der Waals surface area contributed by atoms with Crippen molar-refractivity contribution < 1.29 is 13.6 Å². The quantitative estimate of drug-likeness (QED) is 0.778. The van der Waals surface area contributed by atoms with Gasteiger partial charge in [-0.1, -0.05) is 28.1 Å². The van der Waals surface area contributed by atoms with Crippen LogP contribution in [0.25, 0.3) is 0 Å². The molecular formula is C14H9BrF2O. The van der Waals surface area contributed by atoms with Crippen molar-refractivity contribution in [3.63, 3.8) is 0 Å². The van der Waals surface area contributed by atoms with Crippen molar-refractivity contribution in [2.45, 2.75) is 6.42 Å². The zero-order valence-corrected chi connectivity index (χ0v) is 10.9. The highest BCUT2D eigenvalue weighted by Crippen LogP contribution is 2.20. The maximum atomic E-state index is 13.1. The lowest BCUT2D eigenvalue weighted by Crippen LogP contribution is -2.05. The lowest BCUT2D eigenvalue weighted by atomic mass is 10.0. The molecular weight excluding hydrogens is 302 g/mol. The van der Waals surface area contributed by atoms with Crippen molar-refractivity contribution in [1.29, 1.82) is 0 Å². The molecule has 4 heteroatoms. The summed E-state index contributed by atoms with van der Waals surface area (Å²) in [5.41, 5.74) is 0.983. The molecule has 0 unspecified atom stereocenters. The number of hydrogen-bond acceptors (Lipinski definition) is 1. The number of carbonyl (C=O) groups excluding carboxylic acids is 1. The number of hydrogen-bond donors (Lipinski definition) is 0. The molecule has 18 heavy (non-hydrogen) atoms. The zero-order valence-electron chi connectivity index (χ0n) is 9.29. The SMILES string of the molecule is O=C(Cc1ccc(F)cc1)c1cc(F)ccc1Br. The van der Waals surface area contributed by atoms with Gasteiger partial charge in [-0.15, -0.1) is 0 Å². The molecule has 0 spiro atoms. The van der Waals surface area contributed by atoms with Crippen molar-refractivity contribution in [3.8, 4) is 0 Å². The molecule has 2 rings (SSSR count). The second kappa shape index (κ2) is 5.40. The molecule has 0 amide bonds. The molecule has 0 aromatic heterocycles. The molecule has 0 atom stereocenters. The van der Waals surface area contributed by atoms with Gasteiger partial charge in [0, 0.05) is 16.5 Å². The van der Waals surface area contributed by atoms with Crippen molar-refractivity contribution in [3.05, 3.63) is 69.7 Å². The van der Waals surface area contributed by atoms with Gasteiger partial charge in [0.1, 0.15) is 11.6 Å². The van der Waals surface area contributed by atoms with Crippen LogP contribution in [0.2, 0.25) is 0 Å². The topological polar surface area (TPSA) is 17.1 Å². The molecule has 92 valence electrons. The van der Waals surface area contributed by atoms with Crippen molar-refractivity contribution >= 4 is 21.7 Å². The highest BCUT2D eigenvalue weighted by atomic mass is 79.9. The normalized spacial score (nSPS) is 10.4. The summed E-state index contributed by atoms with van der Waals surface area (Å²) in [6, 6.07) is 9.63. The Morgan fingerprint density at radius 2 is 1.61 bits per heavy atom. The number of Topliss-reactive ketones (excluding diaryl/α,β-unsaturated/α-hetero) is 1. The average molecular weight is 311 g/mol. The van der Waals surface area contributed by atoms with E-state index in [-0.39, 0.29) is 18.0 Å². The summed E-state index contributed by atoms with van der Waals surface area (Å²) in [6.07, 6.45) is 0.113. The van der Waals surface area contributed by atoms with Gasteiger partial charge in [-0.2, -0.15) is 0 Å². The van der Waals surface area contributed by atoms with E-state index < -0.39 is 5.82 Å². The smallest absolute Gasteiger partial charge is 0.168 e. The van der Waals surface area contributed by atoms with E-state index >= 15 is 0 Å². The lowest BCUT2D eigenvalue weighted by molar-refractivity contribution is 0.0991. The third kappa shape index (κ3) is 3.01. The third-order valence-electron chi connectivity index (χ3n) is 2.51. The Bertz CT molecular complexity index is 579. The molecule has 0 saturated carbocycles. The Balaban J connectivity index is 2.21. The number of carbonyl (C=O) groups is 1. The predicted molar refractivity (Wildman–Crippen MR) is 68.5 cm³/mol. The van der Waals surface area contributed by atoms with Gasteiger partial charge >= 0.3 is 0 Å². The first-order chi connectivity index (χ1) is 8.56. The Hall–Kier alpha value is -1.55. The number of benzene rings is 2. The van der Waals surface area contributed by atoms with E-state index in [1.807, 2.05) is 0 Å². The summed E-state index contributed by atoms with van der Waals surface area (Å²) in [5, 5.41) is 0. The van der Waals surface area contributed by atoms with Gasteiger partial charge in [0.2, 0.25) is 0 Å². The van der Waals surface area contributed by atoms with Gasteiger partial charge in [0.25, 0.3) is 0 Å². The molecule has 2 aromatic carbocycles. The van der Waals surface area contributed by atoms with Crippen LogP contribution in [0.1, 0.15) is 15.9 Å². The summed E-state index contributed by atoms with van der Waals surface area (Å²) in [5.74, 6) is -1.02. The summed E-state index contributed by atoms with van der Waals surface area (Å²) in [4.78, 5) is 12.0. The van der Waals surface area contributed by atoms with Crippen LogP contribution in [0, 0.1) is 11.6 Å². The number of halogens is 3. The maximum absolute atomic E-state index is 13.1. The van der Waals surface area contributed by atoms with E-state index in [0.717, 1.165) is 0 Å². The Morgan fingerprint density at radius 3 is 2.28 bits per heavy atom. The van der Waals surface area contributed by atoms with E-state index in [2.05, 4.69) is 15.9 Å². The monoisotopic (exact) mass is 310 g/mol. The highest BCUT2D eigenvalue weighted by Gasteiger charge is 2.12. The number of rotatable bonds is 3. The van der Waals surface area contributed by atoms with Crippen molar-refractivity contribution in [2.24, 2.45) is 0 Å². The van der Waals surface area contributed by atoms with Crippen LogP contribution >= 0.6 is 15.9 Å². The minimum Gasteiger partial charge on any atom is -0.294 e. The fraction of sp³-hybridized carbons (Fsp3) is 0.0714. The van der Waals surface area contributed by atoms with Crippen LogP contribution in [0.15, 0.2) is 46.9 Å². The van der Waals surface area contributed by atoms with E-state index in [9.17, 15) is 13.6 Å². The standard InChI is InChI=1S/C14H9BrF2O/c15-13-6-5-11(17)8-12(13)14(18)7-9-1-3-10(16)4-2-9/h1-6,8H,7H2. The summed E-state index contributed by atoms with van der Waals surface area (Å²) < 4.78 is 26.4. The lowest BCUT2D eigenvalue weighted by Gasteiger charge is -2.04. The second-order valence-electron chi connectivity index (χ2n) is 3.85. The predicted octanol–water partition coefficient (Wildman–Crippen LogP) is 4.15. The van der Waals surface area contributed by atoms with E-state index in [0.29, 0.717) is 15.6 Å². The minimum absolute atomic E-state index is 0.113. The van der Waals surface area contributed by atoms with Crippen molar-refractivity contribution in [1.82, 2.24) is 0 Å². The molecule has 0 radical (unpaired) electrons. The molecule has 0 aliphatic rings. The molecule has 0 saturated heterocycles. The van der Waals surface area contributed by atoms with E-state index in [1.54, 1.807) is 12.1 Å². The first-order valence-electron chi connectivity index (χ1n) is 5.29. The van der Waals surface area contributed by atoms with E-state index in [1.165, 1.54) is 30.3 Å². The first kappa shape index (κ1) is 12.9. The van der Waals surface area contributed by atoms with Crippen molar-refractivity contribution in [2.75, 3.05) is 0 Å². The largest absolute Gasteiger partial charge is 0.294 e. The molecule has 0 bridgehead atoms. The third-order valence-corrected chi connectivity index (χ3v) is 3.20. The van der Waals surface area contributed by atoms with Crippen LogP contribution in [0.5, 0.6) is 0 Å². The zero-order chi connectivity index (χ0) is 13.1. The average Bonchev–Trinajstić information content (AvgIpc) is 2.35. The molecule has 1 nitrogen and oxygen atoms in total. The van der Waals surface area contributed by atoms with Crippen LogP contribution in [-0.2, 0) is 6.42 Å². The second-order valence-corrected chi connectivity index (χ2v) is 4.70. The first-order valence-corrected chi connectivity index (χ1v) is 6.08. The molecule has 2 aromatic rings.